The highest BCUT2D eigenvalue weighted by atomic mass is 31.2. The monoisotopic (exact) mass is 796 g/mol. The summed E-state index contributed by atoms with van der Waals surface area (Å²) >= 11 is 0. The van der Waals surface area contributed by atoms with E-state index in [1.807, 2.05) is 6.92 Å². The van der Waals surface area contributed by atoms with Crippen LogP contribution in [0.4, 0.5) is 4.79 Å². The van der Waals surface area contributed by atoms with Gasteiger partial charge in [0.1, 0.15) is 29.6 Å². The zero-order valence-corrected chi connectivity index (χ0v) is 34.5. The fraction of sp³-hybridized carbons (Fsp3) is 0.575. The van der Waals surface area contributed by atoms with Gasteiger partial charge in [0.05, 0.1) is 35.1 Å². The lowest BCUT2D eigenvalue weighted by Gasteiger charge is -2.32. The van der Waals surface area contributed by atoms with Gasteiger partial charge in [0.15, 0.2) is 5.60 Å². The fourth-order valence-corrected chi connectivity index (χ4v) is 9.21. The molecule has 0 saturated heterocycles. The summed E-state index contributed by atoms with van der Waals surface area (Å²) in [6.45, 7) is 15.8. The Kier molecular flexibility index (Phi) is 11.2. The van der Waals surface area contributed by atoms with Crippen molar-refractivity contribution >= 4 is 36.7 Å². The lowest BCUT2D eigenvalue weighted by atomic mass is 9.86. The number of rotatable bonds is 10. The molecule has 1 saturated carbocycles. The van der Waals surface area contributed by atoms with E-state index in [1.165, 1.54) is 6.92 Å². The number of benzene rings is 1. The molecule has 15 nitrogen and oxygen atoms in total. The van der Waals surface area contributed by atoms with Crippen molar-refractivity contribution in [3.8, 4) is 17.1 Å². The van der Waals surface area contributed by atoms with Crippen LogP contribution in [-0.2, 0) is 58.1 Å². The first-order valence-corrected chi connectivity index (χ1v) is 20.8. The van der Waals surface area contributed by atoms with Crippen LogP contribution >= 0.6 is 7.75 Å². The van der Waals surface area contributed by atoms with Gasteiger partial charge in [-0.25, -0.2) is 19.1 Å². The van der Waals surface area contributed by atoms with E-state index in [0.29, 0.717) is 54.4 Å². The maximum Gasteiger partial charge on any atom is 0.459 e. The first-order chi connectivity index (χ1) is 26.1. The van der Waals surface area contributed by atoms with E-state index >= 15 is 0 Å². The van der Waals surface area contributed by atoms with Gasteiger partial charge in [0, 0.05) is 22.6 Å². The second-order valence-electron chi connectivity index (χ2n) is 16.8. The first kappa shape index (κ1) is 41.3. The number of nitrogens with zero attached hydrogens (tertiary/aromatic N) is 2. The molecule has 2 aliphatic heterocycles. The average Bonchev–Trinajstić information content (AvgIpc) is 3.46. The van der Waals surface area contributed by atoms with Crippen molar-refractivity contribution in [3.63, 3.8) is 0 Å². The molecule has 0 radical (unpaired) electrons. The summed E-state index contributed by atoms with van der Waals surface area (Å²) in [6, 6.07) is 5.52. The molecule has 2 unspecified atom stereocenters. The normalized spacial score (nSPS) is 22.2. The number of pyridine rings is 2. The van der Waals surface area contributed by atoms with Crippen molar-refractivity contribution in [2.75, 3.05) is 0 Å². The largest absolute Gasteiger partial charge is 0.459 e. The van der Waals surface area contributed by atoms with E-state index < -0.39 is 54.7 Å². The quantitative estimate of drug-likeness (QED) is 0.0921. The maximum absolute atomic E-state index is 14.7. The van der Waals surface area contributed by atoms with Crippen molar-refractivity contribution in [3.05, 3.63) is 56.9 Å². The van der Waals surface area contributed by atoms with E-state index in [2.05, 4.69) is 10.4 Å². The molecule has 4 heterocycles. The summed E-state index contributed by atoms with van der Waals surface area (Å²) in [5.74, 6) is -1.22. The van der Waals surface area contributed by atoms with Crippen molar-refractivity contribution in [2.45, 2.75) is 149 Å². The number of amides is 1. The van der Waals surface area contributed by atoms with E-state index in [-0.39, 0.29) is 48.0 Å². The van der Waals surface area contributed by atoms with Crippen LogP contribution in [0.2, 0.25) is 0 Å². The molecule has 3 atom stereocenters. The molecule has 1 aromatic carbocycles. The molecule has 0 bridgehead atoms. The van der Waals surface area contributed by atoms with Crippen molar-refractivity contribution in [1.29, 1.82) is 0 Å². The molecule has 56 heavy (non-hydrogen) atoms. The van der Waals surface area contributed by atoms with Crippen LogP contribution in [0.25, 0.3) is 22.3 Å². The topological polar surface area (TPSA) is 194 Å². The molecule has 0 spiro atoms. The Morgan fingerprint density at radius 1 is 1.04 bits per heavy atom. The number of aryl methyl sites for hydroxylation is 1. The Morgan fingerprint density at radius 2 is 1.71 bits per heavy atom. The van der Waals surface area contributed by atoms with Gasteiger partial charge in [-0.2, -0.15) is 5.09 Å². The number of carbonyl (C=O) groups is 3. The van der Waals surface area contributed by atoms with Gasteiger partial charge in [0.25, 0.3) is 5.56 Å². The summed E-state index contributed by atoms with van der Waals surface area (Å²) in [7, 11) is -4.26. The van der Waals surface area contributed by atoms with Crippen LogP contribution < -0.4 is 20.5 Å². The summed E-state index contributed by atoms with van der Waals surface area (Å²) < 4.78 is 44.8. The number of nitrogens with one attached hydrogen (secondary N) is 2. The molecule has 1 fully saturated rings. The van der Waals surface area contributed by atoms with Crippen LogP contribution in [0.15, 0.2) is 29.1 Å². The number of cyclic esters (lactones) is 1. The maximum atomic E-state index is 14.7. The van der Waals surface area contributed by atoms with Crippen LogP contribution in [0.3, 0.4) is 0 Å². The van der Waals surface area contributed by atoms with E-state index in [4.69, 9.17) is 28.2 Å². The van der Waals surface area contributed by atoms with Gasteiger partial charge in [0.2, 0.25) is 0 Å². The van der Waals surface area contributed by atoms with Gasteiger partial charge in [-0.15, -0.1) is 0 Å². The second-order valence-corrected chi connectivity index (χ2v) is 18.4. The van der Waals surface area contributed by atoms with Gasteiger partial charge < -0.3 is 33.7 Å². The molecular weight excluding hydrogens is 743 g/mol. The standard InChI is InChI=1S/C40H53N4O11P/c1-10-26-27-18-25(16-17-31(27)42-33-28(26)20-44-32(33)19-30-29(34(44)45)21-51-36(47)40(30,49)11-2)55-56(50,43-22(3)35(46)52-38(4,5)6)54-24-14-12-23(13-15-24)41-37(48)53-39(7,8)9/h16-19,22-24,49H,10-15,20-21H2,1-9H3,(H,41,48)(H,43,50)/t22?,23?,24?,40-,56?/m0/s1. The Balaban J connectivity index is 1.29. The first-order valence-electron chi connectivity index (χ1n) is 19.2. The predicted octanol–water partition coefficient (Wildman–Crippen LogP) is 6.30. The third kappa shape index (κ3) is 8.51. The van der Waals surface area contributed by atoms with Crippen molar-refractivity contribution in [2.24, 2.45) is 0 Å². The predicted molar refractivity (Wildman–Crippen MR) is 207 cm³/mol. The minimum absolute atomic E-state index is 0.0360. The number of fused-ring (bicyclic) bond motifs is 5. The number of alkyl carbamates (subject to hydrolysis) is 1. The van der Waals surface area contributed by atoms with Crippen LogP contribution in [-0.4, -0.2) is 62.1 Å². The summed E-state index contributed by atoms with van der Waals surface area (Å²) in [5, 5.41) is 17.7. The van der Waals surface area contributed by atoms with Gasteiger partial charge >= 0.3 is 25.8 Å². The molecule has 16 heteroatoms. The Morgan fingerprint density at radius 3 is 2.34 bits per heavy atom. The Bertz CT molecular complexity index is 2160. The number of hydrogen-bond acceptors (Lipinski definition) is 12. The molecule has 3 N–H and O–H groups in total. The number of ether oxygens (including phenoxy) is 3. The van der Waals surface area contributed by atoms with Crippen molar-refractivity contribution < 1.29 is 47.3 Å². The fourth-order valence-electron chi connectivity index (χ4n) is 7.48. The van der Waals surface area contributed by atoms with E-state index in [1.54, 1.807) is 77.3 Å². The highest BCUT2D eigenvalue weighted by Gasteiger charge is 2.46. The van der Waals surface area contributed by atoms with Crippen LogP contribution in [0.1, 0.15) is 117 Å². The lowest BCUT2D eigenvalue weighted by molar-refractivity contribution is -0.172. The third-order valence-electron chi connectivity index (χ3n) is 10.2. The van der Waals surface area contributed by atoms with E-state index in [9.17, 15) is 28.8 Å². The lowest BCUT2D eigenvalue weighted by Crippen LogP contribution is -2.44. The molecule has 3 aromatic rings. The van der Waals surface area contributed by atoms with Gasteiger partial charge in [-0.1, -0.05) is 13.8 Å². The van der Waals surface area contributed by atoms with Gasteiger partial charge in [-0.3, -0.25) is 14.1 Å². The molecule has 2 aromatic heterocycles. The van der Waals surface area contributed by atoms with Crippen LogP contribution in [0.5, 0.6) is 5.75 Å². The number of hydrogen-bond donors (Lipinski definition) is 3. The molecule has 3 aliphatic rings. The molecular formula is C40H53N4O11P. The van der Waals surface area contributed by atoms with Gasteiger partial charge in [-0.05, 0) is 117 Å². The van der Waals surface area contributed by atoms with Crippen molar-refractivity contribution in [1.82, 2.24) is 20.0 Å². The SMILES string of the molecule is CCc1c2c(nc3ccc(OP(=O)(NC(C)C(=O)OC(C)(C)C)OC4CCC(NC(=O)OC(C)(C)C)CC4)cc13)-c1cc3c(c(=O)n1C2)COC(=O)[C@]3(O)CC. The Hall–Kier alpha value is -4.30. The highest BCUT2D eigenvalue weighted by Crippen LogP contribution is 2.49. The smallest absolute Gasteiger partial charge is 0.459 e. The summed E-state index contributed by atoms with van der Waals surface area (Å²) in [6.07, 6.45) is 1.59. The number of aliphatic hydroxyl groups is 1. The average molecular weight is 797 g/mol. The number of aromatic nitrogens is 2. The Labute approximate surface area is 326 Å². The molecule has 1 aliphatic carbocycles. The third-order valence-corrected chi connectivity index (χ3v) is 11.9. The number of carbonyl (C=O) groups excluding carboxylic acids is 3. The number of esters is 2. The minimum Gasteiger partial charge on any atom is -0.459 e. The molecule has 6 rings (SSSR count). The highest BCUT2D eigenvalue weighted by molar-refractivity contribution is 7.52. The molecule has 304 valence electrons. The summed E-state index contributed by atoms with van der Waals surface area (Å²) in [4.78, 5) is 56.8. The zero-order valence-electron chi connectivity index (χ0n) is 33.6. The molecule has 1 amide bonds. The zero-order chi connectivity index (χ0) is 41.0. The summed E-state index contributed by atoms with van der Waals surface area (Å²) in [5.41, 5.74) is 0.0916. The van der Waals surface area contributed by atoms with E-state index in [0.717, 1.165) is 11.1 Å². The minimum atomic E-state index is -4.26. The van der Waals surface area contributed by atoms with Crippen LogP contribution in [0, 0.1) is 0 Å². The second kappa shape index (κ2) is 15.2.